The van der Waals surface area contributed by atoms with Crippen LogP contribution in [0.5, 0.6) is 0 Å². The molecule has 3 aromatic rings. The number of rotatable bonds is 45. The van der Waals surface area contributed by atoms with Gasteiger partial charge in [-0.05, 0) is 93.6 Å². The topological polar surface area (TPSA) is 613 Å². The minimum atomic E-state index is -1.88. The molecule has 3 rings (SSSR count). The van der Waals surface area contributed by atoms with E-state index in [1.165, 1.54) is 20.0 Å². The number of hydrogen-bond acceptors (Lipinski definition) is 21. The Morgan fingerprint density at radius 1 is 0.467 bits per heavy atom. The molecule has 0 aliphatic rings. The molecule has 0 saturated carbocycles. The standard InChI is InChI=1S/C68H106N18O19/c1-10-35(4)53(65(102)75-37(6)67(104)105)85-66(103)54(68(7,8)9)86-59(96)42(20-21-51(90)91)77-60(97)46(28-38-16-12-11-13-17-38)81-58(95)45(24-27-71)78-57(94)44(23-26-70)79-63(100)49(33-88)83-61(98)47(29-39-30-73-41-19-15-14-18-40(39)41)82-62(99)48(32-87)76-50(89)31-74-56(93)43(22-25-69)80-64(101)52(34(2)3)84-55(92)36(5)72/h11-19,30,34-37,42-49,52-54,73,87-88H,10,20-29,31-33,69-72H2,1-9H3,(H,74,93)(H,75,102)(H,76,89)(H,77,97)(H,78,94)(H,79,100)(H,80,101)(H,81,95)(H,82,99)(H,83,98)(H,84,92)(H,85,103)(H,86,96)(H,90,91)(H,104,105)/t35-,36-,37-,42-,43+,44-,45+,46-,47+,48+,49-,52+,53+,54+/m0/s1. The average molecular weight is 1480 g/mol. The number of carbonyl (C=O) groups excluding carboxylic acids is 13. The molecule has 0 aliphatic heterocycles. The van der Waals surface area contributed by atoms with Crippen molar-refractivity contribution in [3.8, 4) is 0 Å². The first-order valence-corrected chi connectivity index (χ1v) is 34.5. The van der Waals surface area contributed by atoms with Gasteiger partial charge in [0, 0.05) is 36.4 Å². The summed E-state index contributed by atoms with van der Waals surface area (Å²) in [5.74, 6) is -16.2. The van der Waals surface area contributed by atoms with E-state index in [-0.39, 0.29) is 51.7 Å². The first kappa shape index (κ1) is 89.0. The van der Waals surface area contributed by atoms with Gasteiger partial charge in [-0.3, -0.25) is 71.9 Å². The fraction of sp³-hybridized carbons (Fsp3) is 0.574. The highest BCUT2D eigenvalue weighted by Gasteiger charge is 2.40. The van der Waals surface area contributed by atoms with E-state index in [0.29, 0.717) is 28.5 Å². The zero-order valence-corrected chi connectivity index (χ0v) is 60.6. The number of amides is 13. The average Bonchev–Trinajstić information content (AvgIpc) is 1.81. The highest BCUT2D eigenvalue weighted by atomic mass is 16.4. The molecular formula is C68H106N18O19. The van der Waals surface area contributed by atoms with Crippen LogP contribution in [0.4, 0.5) is 0 Å². The van der Waals surface area contributed by atoms with Gasteiger partial charge in [0.25, 0.3) is 0 Å². The quantitative estimate of drug-likeness (QED) is 0.0250. The van der Waals surface area contributed by atoms with E-state index in [4.69, 9.17) is 22.9 Å². The van der Waals surface area contributed by atoms with Crippen LogP contribution in [-0.4, -0.2) is 232 Å². The van der Waals surface area contributed by atoms with Crippen molar-refractivity contribution in [2.45, 2.75) is 192 Å². The molecular weight excluding hydrogens is 1370 g/mol. The van der Waals surface area contributed by atoms with Gasteiger partial charge in [0.15, 0.2) is 0 Å². The summed E-state index contributed by atoms with van der Waals surface area (Å²) >= 11 is 0. The molecule has 14 atom stereocenters. The van der Waals surface area contributed by atoms with Gasteiger partial charge in [-0.15, -0.1) is 0 Å². The molecule has 13 amide bonds. The zero-order chi connectivity index (χ0) is 79.0. The van der Waals surface area contributed by atoms with Crippen LogP contribution in [0.3, 0.4) is 0 Å². The van der Waals surface area contributed by atoms with Crippen LogP contribution >= 0.6 is 0 Å². The van der Waals surface area contributed by atoms with Gasteiger partial charge in [-0.25, -0.2) is 0 Å². The summed E-state index contributed by atoms with van der Waals surface area (Å²) in [6, 6.07) is -4.19. The number of para-hydroxylation sites is 1. The Morgan fingerprint density at radius 3 is 1.38 bits per heavy atom. The number of carboxylic acids is 2. The molecule has 37 nitrogen and oxygen atoms in total. The first-order valence-electron chi connectivity index (χ1n) is 34.5. The van der Waals surface area contributed by atoms with Gasteiger partial charge in [0.1, 0.15) is 72.5 Å². The van der Waals surface area contributed by atoms with Gasteiger partial charge in [-0.1, -0.05) is 103 Å². The maximum Gasteiger partial charge on any atom is 0.325 e. The van der Waals surface area contributed by atoms with E-state index in [9.17, 15) is 92.3 Å². The molecule has 26 N–H and O–H groups in total. The summed E-state index contributed by atoms with van der Waals surface area (Å²) in [4.78, 5) is 206. The van der Waals surface area contributed by atoms with E-state index in [1.54, 1.807) is 103 Å². The molecule has 0 saturated heterocycles. The molecule has 0 bridgehead atoms. The molecule has 0 radical (unpaired) electrons. The number of aliphatic hydroxyl groups excluding tert-OH is 2. The molecule has 1 aromatic heterocycles. The number of hydrogen-bond donors (Lipinski definition) is 22. The molecule has 0 fully saturated rings. The van der Waals surface area contributed by atoms with Crippen molar-refractivity contribution in [1.82, 2.24) is 74.1 Å². The smallest absolute Gasteiger partial charge is 0.325 e. The SMILES string of the molecule is CC[C@H](C)[C@@H](NC(=O)[C@@H](NC(=O)[C@H](CCC(=O)O)NC(=O)[C@H](Cc1ccccc1)NC(=O)[C@@H](CCN)NC(=O)[C@H](CCN)NC(=O)[C@H](CO)NC(=O)[C@@H](Cc1c[nH]c2ccccc12)NC(=O)[C@@H](CO)NC(=O)CNC(=O)[C@@H](CCN)NC(=O)[C@H](NC(=O)[C@H](C)N)C(C)C)C(C)(C)C)C(=O)N[C@@H](C)C(=O)O. The third-order valence-electron chi connectivity index (χ3n) is 16.9. The Bertz CT molecular complexity index is 3480. The number of aromatic nitrogens is 1. The lowest BCUT2D eigenvalue weighted by Gasteiger charge is -2.34. The summed E-state index contributed by atoms with van der Waals surface area (Å²) in [7, 11) is 0. The number of aliphatic hydroxyl groups is 2. The van der Waals surface area contributed by atoms with Crippen LogP contribution in [0, 0.1) is 17.3 Å². The van der Waals surface area contributed by atoms with Crippen molar-refractivity contribution < 1.29 is 92.3 Å². The lowest BCUT2D eigenvalue weighted by Crippen LogP contribution is -2.63. The second-order valence-electron chi connectivity index (χ2n) is 26.8. The van der Waals surface area contributed by atoms with E-state index in [1.807, 2.05) is 0 Å². The zero-order valence-electron chi connectivity index (χ0n) is 60.6. The Labute approximate surface area is 607 Å². The molecule has 0 aliphatic carbocycles. The first-order chi connectivity index (χ1) is 49.4. The Balaban J connectivity index is 1.88. The Hall–Kier alpha value is -10.2. The fourth-order valence-corrected chi connectivity index (χ4v) is 10.5. The predicted molar refractivity (Wildman–Crippen MR) is 381 cm³/mol. The highest BCUT2D eigenvalue weighted by molar-refractivity contribution is 6.00. The van der Waals surface area contributed by atoms with Crippen molar-refractivity contribution in [2.75, 3.05) is 39.4 Å². The largest absolute Gasteiger partial charge is 0.481 e. The van der Waals surface area contributed by atoms with Crippen molar-refractivity contribution >= 4 is 99.6 Å². The van der Waals surface area contributed by atoms with Gasteiger partial charge in [0.2, 0.25) is 76.8 Å². The van der Waals surface area contributed by atoms with Crippen molar-refractivity contribution in [2.24, 2.45) is 40.2 Å². The van der Waals surface area contributed by atoms with E-state index >= 15 is 0 Å². The number of carbonyl (C=O) groups is 15. The number of fused-ring (bicyclic) bond motifs is 1. The Kier molecular flexibility index (Phi) is 37.1. The summed E-state index contributed by atoms with van der Waals surface area (Å²) in [5.41, 5.74) is 23.6. The van der Waals surface area contributed by atoms with E-state index in [2.05, 4.69) is 74.1 Å². The van der Waals surface area contributed by atoms with Crippen LogP contribution in [-0.2, 0) is 84.8 Å². The minimum Gasteiger partial charge on any atom is -0.481 e. The number of carboxylic acid groups (broad SMARTS) is 2. The fourth-order valence-electron chi connectivity index (χ4n) is 10.5. The normalized spacial score (nSPS) is 15.4. The third-order valence-corrected chi connectivity index (χ3v) is 16.9. The van der Waals surface area contributed by atoms with Crippen LogP contribution in [0.2, 0.25) is 0 Å². The molecule has 1 heterocycles. The van der Waals surface area contributed by atoms with Crippen LogP contribution in [0.15, 0.2) is 60.8 Å². The minimum absolute atomic E-state index is 0.0977. The van der Waals surface area contributed by atoms with Crippen molar-refractivity contribution in [3.05, 3.63) is 71.9 Å². The van der Waals surface area contributed by atoms with Crippen molar-refractivity contribution in [3.63, 3.8) is 0 Å². The third kappa shape index (κ3) is 29.1. The molecule has 0 spiro atoms. The second kappa shape index (κ2) is 43.8. The molecule has 582 valence electrons. The molecule has 0 unspecified atom stereocenters. The van der Waals surface area contributed by atoms with Crippen molar-refractivity contribution in [1.29, 1.82) is 0 Å². The van der Waals surface area contributed by atoms with Gasteiger partial charge in [-0.2, -0.15) is 0 Å². The van der Waals surface area contributed by atoms with Gasteiger partial charge in [0.05, 0.1) is 25.8 Å². The van der Waals surface area contributed by atoms with Gasteiger partial charge < -0.3 is 117 Å². The van der Waals surface area contributed by atoms with Crippen LogP contribution < -0.4 is 92.1 Å². The molecule has 37 heteroatoms. The lowest BCUT2D eigenvalue weighted by molar-refractivity contribution is -0.142. The highest BCUT2D eigenvalue weighted by Crippen LogP contribution is 2.23. The number of H-pyrrole nitrogens is 1. The van der Waals surface area contributed by atoms with Crippen LogP contribution in [0.1, 0.15) is 112 Å². The number of nitrogens with one attached hydrogen (secondary N) is 14. The Morgan fingerprint density at radius 2 is 0.895 bits per heavy atom. The number of aromatic amines is 1. The van der Waals surface area contributed by atoms with E-state index < -0.39 is 217 Å². The summed E-state index contributed by atoms with van der Waals surface area (Å²) < 4.78 is 0. The number of nitrogens with two attached hydrogens (primary N) is 4. The lowest BCUT2D eigenvalue weighted by atomic mass is 9.85. The summed E-state index contributed by atoms with van der Waals surface area (Å²) in [5, 5.41) is 72.7. The monoisotopic (exact) mass is 1480 g/mol. The van der Waals surface area contributed by atoms with E-state index in [0.717, 1.165) is 0 Å². The number of benzene rings is 2. The van der Waals surface area contributed by atoms with Crippen LogP contribution in [0.25, 0.3) is 10.9 Å². The number of aliphatic carboxylic acids is 2. The molecule has 105 heavy (non-hydrogen) atoms. The second-order valence-corrected chi connectivity index (χ2v) is 26.8. The summed E-state index contributed by atoms with van der Waals surface area (Å²) in [6.07, 6.45) is -0.664. The summed E-state index contributed by atoms with van der Waals surface area (Å²) in [6.45, 7) is 10.4. The maximum atomic E-state index is 14.5. The predicted octanol–water partition coefficient (Wildman–Crippen LogP) is -6.02. The maximum absolute atomic E-state index is 14.5. The molecule has 2 aromatic carbocycles. The van der Waals surface area contributed by atoms with Gasteiger partial charge >= 0.3 is 11.9 Å².